The Morgan fingerprint density at radius 1 is 1.60 bits per heavy atom. The van der Waals surface area contributed by atoms with E-state index in [2.05, 4.69) is 24.2 Å². The Morgan fingerprint density at radius 3 is 2.80 bits per heavy atom. The molecular formula is C11H19N3O. The molecule has 1 saturated carbocycles. The van der Waals surface area contributed by atoms with Crippen LogP contribution in [0.1, 0.15) is 44.9 Å². The van der Waals surface area contributed by atoms with Gasteiger partial charge in [0.1, 0.15) is 6.10 Å². The van der Waals surface area contributed by atoms with Gasteiger partial charge < -0.3 is 5.11 Å². The third-order valence-corrected chi connectivity index (χ3v) is 3.77. The summed E-state index contributed by atoms with van der Waals surface area (Å²) in [6.45, 7) is 4.47. The molecule has 4 heteroatoms. The van der Waals surface area contributed by atoms with Crippen molar-refractivity contribution in [1.82, 2.24) is 15.0 Å². The van der Waals surface area contributed by atoms with Gasteiger partial charge in [0, 0.05) is 7.05 Å². The summed E-state index contributed by atoms with van der Waals surface area (Å²) in [7, 11) is 1.83. The molecule has 0 aromatic carbocycles. The Kier molecular flexibility index (Phi) is 2.54. The van der Waals surface area contributed by atoms with E-state index >= 15 is 0 Å². The van der Waals surface area contributed by atoms with Gasteiger partial charge in [0.05, 0.1) is 11.9 Å². The molecule has 2 atom stereocenters. The van der Waals surface area contributed by atoms with Gasteiger partial charge in [-0.25, -0.2) is 4.68 Å². The fraction of sp³-hybridized carbons (Fsp3) is 0.818. The van der Waals surface area contributed by atoms with E-state index in [1.54, 1.807) is 10.9 Å². The smallest absolute Gasteiger partial charge is 0.101 e. The monoisotopic (exact) mass is 209 g/mol. The van der Waals surface area contributed by atoms with Crippen molar-refractivity contribution < 1.29 is 5.11 Å². The Bertz CT molecular complexity index is 345. The van der Waals surface area contributed by atoms with Gasteiger partial charge in [-0.3, -0.25) is 0 Å². The molecular weight excluding hydrogens is 190 g/mol. The lowest BCUT2D eigenvalue weighted by atomic mass is 9.78. The number of aliphatic hydroxyl groups is 1. The molecule has 0 saturated heterocycles. The van der Waals surface area contributed by atoms with E-state index in [0.29, 0.717) is 5.92 Å². The van der Waals surface area contributed by atoms with Crippen LogP contribution in [0.25, 0.3) is 0 Å². The summed E-state index contributed by atoms with van der Waals surface area (Å²) in [5.74, 6) is 0.328. The van der Waals surface area contributed by atoms with Crippen molar-refractivity contribution >= 4 is 0 Å². The minimum atomic E-state index is -0.428. The van der Waals surface area contributed by atoms with Crippen LogP contribution in [0.5, 0.6) is 0 Å². The van der Waals surface area contributed by atoms with Crippen molar-refractivity contribution in [2.75, 3.05) is 0 Å². The van der Waals surface area contributed by atoms with Crippen molar-refractivity contribution in [3.05, 3.63) is 11.9 Å². The second-order valence-electron chi connectivity index (χ2n) is 5.21. The van der Waals surface area contributed by atoms with Gasteiger partial charge in [-0.1, -0.05) is 25.5 Å². The average molecular weight is 209 g/mol. The molecule has 0 aliphatic heterocycles. The SMILES string of the molecule is Cn1nncc1C(O)C1CCCC1(C)C. The zero-order chi connectivity index (χ0) is 11.1. The van der Waals surface area contributed by atoms with E-state index in [-0.39, 0.29) is 5.41 Å². The van der Waals surface area contributed by atoms with E-state index in [4.69, 9.17) is 0 Å². The molecule has 4 nitrogen and oxygen atoms in total. The first kappa shape index (κ1) is 10.6. The minimum absolute atomic E-state index is 0.226. The maximum absolute atomic E-state index is 10.3. The fourth-order valence-electron chi connectivity index (χ4n) is 2.71. The maximum Gasteiger partial charge on any atom is 0.101 e. The summed E-state index contributed by atoms with van der Waals surface area (Å²) < 4.78 is 1.67. The molecule has 2 rings (SSSR count). The Hall–Kier alpha value is -0.900. The molecule has 1 aromatic rings. The number of aromatic nitrogens is 3. The standard InChI is InChI=1S/C11H19N3O/c1-11(2)6-4-5-8(11)10(15)9-7-12-13-14(9)3/h7-8,10,15H,4-6H2,1-3H3. The van der Waals surface area contributed by atoms with Crippen molar-refractivity contribution in [1.29, 1.82) is 0 Å². The van der Waals surface area contributed by atoms with E-state index in [1.807, 2.05) is 7.05 Å². The zero-order valence-corrected chi connectivity index (χ0v) is 9.64. The van der Waals surface area contributed by atoms with Gasteiger partial charge in [-0.15, -0.1) is 5.10 Å². The molecule has 15 heavy (non-hydrogen) atoms. The van der Waals surface area contributed by atoms with Gasteiger partial charge in [-0.05, 0) is 24.2 Å². The lowest BCUT2D eigenvalue weighted by Gasteiger charge is -2.30. The van der Waals surface area contributed by atoms with Crippen LogP contribution in [0.15, 0.2) is 6.20 Å². The van der Waals surface area contributed by atoms with E-state index < -0.39 is 6.10 Å². The topological polar surface area (TPSA) is 50.9 Å². The van der Waals surface area contributed by atoms with Gasteiger partial charge in [-0.2, -0.15) is 0 Å². The molecule has 1 fully saturated rings. The highest BCUT2D eigenvalue weighted by molar-refractivity contribution is 5.04. The predicted molar refractivity (Wildman–Crippen MR) is 57.1 cm³/mol. The lowest BCUT2D eigenvalue weighted by molar-refractivity contribution is 0.0471. The molecule has 2 unspecified atom stereocenters. The number of aryl methyl sites for hydroxylation is 1. The van der Waals surface area contributed by atoms with Crippen LogP contribution < -0.4 is 0 Å². The third-order valence-electron chi connectivity index (χ3n) is 3.77. The van der Waals surface area contributed by atoms with Gasteiger partial charge in [0.25, 0.3) is 0 Å². The fourth-order valence-corrected chi connectivity index (χ4v) is 2.71. The number of hydrogen-bond acceptors (Lipinski definition) is 3. The summed E-state index contributed by atoms with van der Waals surface area (Å²) in [4.78, 5) is 0. The summed E-state index contributed by atoms with van der Waals surface area (Å²) in [6.07, 6.45) is 4.74. The lowest BCUT2D eigenvalue weighted by Crippen LogP contribution is -2.25. The minimum Gasteiger partial charge on any atom is -0.386 e. The quantitative estimate of drug-likeness (QED) is 0.806. The van der Waals surface area contributed by atoms with Gasteiger partial charge in [0.15, 0.2) is 0 Å². The van der Waals surface area contributed by atoms with Crippen LogP contribution in [0.2, 0.25) is 0 Å². The number of rotatable bonds is 2. The number of hydrogen-bond donors (Lipinski definition) is 1. The van der Waals surface area contributed by atoms with Crippen LogP contribution in [-0.4, -0.2) is 20.1 Å². The Labute approximate surface area is 90.3 Å². The highest BCUT2D eigenvalue weighted by Crippen LogP contribution is 2.48. The largest absolute Gasteiger partial charge is 0.386 e. The summed E-state index contributed by atoms with van der Waals surface area (Å²) in [6, 6.07) is 0. The first-order valence-corrected chi connectivity index (χ1v) is 5.55. The van der Waals surface area contributed by atoms with Crippen LogP contribution in [0.3, 0.4) is 0 Å². The van der Waals surface area contributed by atoms with E-state index in [9.17, 15) is 5.11 Å². The van der Waals surface area contributed by atoms with Crippen molar-refractivity contribution in [3.63, 3.8) is 0 Å². The molecule has 1 aromatic heterocycles. The average Bonchev–Trinajstić information content (AvgIpc) is 2.70. The Morgan fingerprint density at radius 2 is 2.33 bits per heavy atom. The van der Waals surface area contributed by atoms with Crippen LogP contribution >= 0.6 is 0 Å². The Balaban J connectivity index is 2.21. The van der Waals surface area contributed by atoms with Gasteiger partial charge in [0.2, 0.25) is 0 Å². The van der Waals surface area contributed by atoms with Crippen LogP contribution in [0, 0.1) is 11.3 Å². The van der Waals surface area contributed by atoms with Crippen LogP contribution in [-0.2, 0) is 7.05 Å². The molecule has 1 N–H and O–H groups in total. The number of nitrogens with zero attached hydrogens (tertiary/aromatic N) is 3. The first-order chi connectivity index (χ1) is 7.02. The van der Waals surface area contributed by atoms with Crippen molar-refractivity contribution in [3.8, 4) is 0 Å². The molecule has 1 heterocycles. The highest BCUT2D eigenvalue weighted by Gasteiger charge is 2.40. The van der Waals surface area contributed by atoms with Crippen LogP contribution in [0.4, 0.5) is 0 Å². The molecule has 1 aliphatic rings. The molecule has 0 bridgehead atoms. The molecule has 0 spiro atoms. The predicted octanol–water partition coefficient (Wildman–Crippen LogP) is 1.67. The van der Waals surface area contributed by atoms with Gasteiger partial charge >= 0.3 is 0 Å². The zero-order valence-electron chi connectivity index (χ0n) is 9.64. The third kappa shape index (κ3) is 1.78. The summed E-state index contributed by atoms with van der Waals surface area (Å²) in [5.41, 5.74) is 1.05. The van der Waals surface area contributed by atoms with Crippen molar-refractivity contribution in [2.45, 2.75) is 39.2 Å². The second-order valence-corrected chi connectivity index (χ2v) is 5.21. The van der Waals surface area contributed by atoms with Crippen molar-refractivity contribution in [2.24, 2.45) is 18.4 Å². The molecule has 84 valence electrons. The van der Waals surface area contributed by atoms with E-state index in [1.165, 1.54) is 12.8 Å². The highest BCUT2D eigenvalue weighted by atomic mass is 16.3. The second kappa shape index (κ2) is 3.59. The molecule has 0 amide bonds. The summed E-state index contributed by atoms with van der Waals surface area (Å²) >= 11 is 0. The molecule has 0 radical (unpaired) electrons. The number of aliphatic hydroxyl groups excluding tert-OH is 1. The molecule has 1 aliphatic carbocycles. The summed E-state index contributed by atoms with van der Waals surface area (Å²) in [5, 5.41) is 18.0. The first-order valence-electron chi connectivity index (χ1n) is 5.55. The maximum atomic E-state index is 10.3. The van der Waals surface area contributed by atoms with E-state index in [0.717, 1.165) is 12.1 Å². The normalized spacial score (nSPS) is 26.8.